The van der Waals surface area contributed by atoms with Crippen molar-refractivity contribution in [3.05, 3.63) is 80.5 Å². The van der Waals surface area contributed by atoms with Crippen molar-refractivity contribution in [3.8, 4) is 0 Å². The van der Waals surface area contributed by atoms with E-state index in [-0.39, 0.29) is 17.3 Å². The van der Waals surface area contributed by atoms with E-state index >= 15 is 0 Å². The van der Waals surface area contributed by atoms with Crippen molar-refractivity contribution < 1.29 is 9.90 Å². The molecule has 2 aromatic carbocycles. The molecule has 1 unspecified atom stereocenters. The smallest absolute Gasteiger partial charge is 0.305 e. The van der Waals surface area contributed by atoms with E-state index in [2.05, 4.69) is 31.1 Å². The van der Waals surface area contributed by atoms with E-state index in [9.17, 15) is 14.7 Å². The maximum Gasteiger partial charge on any atom is 0.305 e. The number of aromatic amines is 1. The minimum atomic E-state index is -1.12. The quantitative estimate of drug-likeness (QED) is 0.203. The Balaban J connectivity index is 1.14. The number of thiazole rings is 1. The molecule has 0 radical (unpaired) electrons. The first kappa shape index (κ1) is 23.7. The number of anilines is 2. The van der Waals surface area contributed by atoms with E-state index in [1.165, 1.54) is 21.8 Å². The van der Waals surface area contributed by atoms with Gasteiger partial charge in [0.05, 0.1) is 15.6 Å². The molecule has 188 valence electrons. The summed E-state index contributed by atoms with van der Waals surface area (Å²) >= 11 is 2.82. The van der Waals surface area contributed by atoms with Gasteiger partial charge in [0, 0.05) is 23.0 Å². The zero-order valence-corrected chi connectivity index (χ0v) is 21.3. The van der Waals surface area contributed by atoms with E-state index in [4.69, 9.17) is 0 Å². The Hall–Kier alpha value is -3.64. The molecular formula is C26H24N6O3S2. The first-order chi connectivity index (χ1) is 18.0. The van der Waals surface area contributed by atoms with Gasteiger partial charge in [-0.3, -0.25) is 15.0 Å². The monoisotopic (exact) mass is 532 g/mol. The Bertz CT molecular complexity index is 1640. The fraction of sp³-hybridized carbons (Fsp3) is 0.231. The number of carbonyl (C=O) groups excluding carboxylic acids is 1. The summed E-state index contributed by atoms with van der Waals surface area (Å²) in [5.74, 6) is 0.307. The van der Waals surface area contributed by atoms with E-state index in [1.807, 2.05) is 48.5 Å². The third-order valence-corrected chi connectivity index (χ3v) is 8.51. The van der Waals surface area contributed by atoms with Crippen LogP contribution >= 0.6 is 22.7 Å². The van der Waals surface area contributed by atoms with Crippen molar-refractivity contribution in [2.24, 2.45) is 0 Å². The van der Waals surface area contributed by atoms with E-state index in [0.717, 1.165) is 56.8 Å². The third kappa shape index (κ3) is 4.98. The zero-order chi connectivity index (χ0) is 25.4. The number of benzene rings is 2. The second kappa shape index (κ2) is 10.0. The van der Waals surface area contributed by atoms with Crippen LogP contribution in [0, 0.1) is 0 Å². The minimum Gasteiger partial charge on any atom is -0.383 e. The number of nitrogens with zero attached hydrogens (tertiary/aromatic N) is 2. The van der Waals surface area contributed by atoms with Crippen molar-refractivity contribution in [2.45, 2.75) is 37.8 Å². The molecule has 5 aromatic rings. The van der Waals surface area contributed by atoms with Gasteiger partial charge in [0.1, 0.15) is 23.1 Å². The first-order valence-corrected chi connectivity index (χ1v) is 13.6. The van der Waals surface area contributed by atoms with E-state index in [0.29, 0.717) is 0 Å². The Labute approximate surface area is 219 Å². The molecule has 0 spiro atoms. The van der Waals surface area contributed by atoms with Crippen molar-refractivity contribution in [1.29, 1.82) is 0 Å². The molecule has 3 heterocycles. The Morgan fingerprint density at radius 1 is 1.16 bits per heavy atom. The molecule has 0 bridgehead atoms. The Morgan fingerprint density at radius 2 is 2.03 bits per heavy atom. The second-order valence-corrected chi connectivity index (χ2v) is 11.1. The highest BCUT2D eigenvalue weighted by molar-refractivity contribution is 7.19. The Morgan fingerprint density at radius 3 is 2.89 bits per heavy atom. The molecule has 5 N–H and O–H groups in total. The van der Waals surface area contributed by atoms with Gasteiger partial charge in [0.15, 0.2) is 0 Å². The number of H-pyrrole nitrogens is 1. The highest BCUT2D eigenvalue weighted by Gasteiger charge is 2.26. The van der Waals surface area contributed by atoms with Gasteiger partial charge < -0.3 is 15.4 Å². The van der Waals surface area contributed by atoms with Crippen LogP contribution in [0.4, 0.5) is 11.5 Å². The Kier molecular flexibility index (Phi) is 6.43. The van der Waals surface area contributed by atoms with Crippen LogP contribution in [0.25, 0.3) is 20.4 Å². The van der Waals surface area contributed by atoms with Crippen molar-refractivity contribution >= 4 is 60.5 Å². The van der Waals surface area contributed by atoms with Gasteiger partial charge >= 0.3 is 4.87 Å². The third-order valence-electron chi connectivity index (χ3n) is 6.50. The molecule has 37 heavy (non-hydrogen) atoms. The number of fused-ring (bicyclic) bond motifs is 4. The largest absolute Gasteiger partial charge is 0.383 e. The number of carbonyl (C=O) groups is 1. The number of hydrazine groups is 1. The number of aliphatic hydroxyl groups excluding tert-OH is 1. The van der Waals surface area contributed by atoms with Gasteiger partial charge in [-0.1, -0.05) is 41.7 Å². The molecule has 2 atom stereocenters. The fourth-order valence-corrected chi connectivity index (χ4v) is 6.72. The summed E-state index contributed by atoms with van der Waals surface area (Å²) < 4.78 is 0.887. The molecule has 0 aliphatic heterocycles. The molecule has 3 aromatic heterocycles. The van der Waals surface area contributed by atoms with Crippen LogP contribution in [0.15, 0.2) is 59.7 Å². The topological polar surface area (TPSA) is 132 Å². The molecule has 1 amide bonds. The van der Waals surface area contributed by atoms with Crippen LogP contribution in [0.1, 0.15) is 22.4 Å². The van der Waals surface area contributed by atoms with Crippen molar-refractivity contribution in [3.63, 3.8) is 0 Å². The first-order valence-electron chi connectivity index (χ1n) is 12.0. The zero-order valence-electron chi connectivity index (χ0n) is 19.7. The number of rotatable bonds is 7. The van der Waals surface area contributed by atoms with Crippen molar-refractivity contribution in [1.82, 2.24) is 25.8 Å². The van der Waals surface area contributed by atoms with Gasteiger partial charge in [0.25, 0.3) is 5.91 Å². The molecule has 0 saturated heterocycles. The normalized spacial score (nSPS) is 16.0. The maximum absolute atomic E-state index is 12.4. The van der Waals surface area contributed by atoms with E-state index in [1.54, 1.807) is 17.7 Å². The predicted octanol–water partition coefficient (Wildman–Crippen LogP) is 3.42. The van der Waals surface area contributed by atoms with Crippen LogP contribution in [-0.4, -0.2) is 38.1 Å². The predicted molar refractivity (Wildman–Crippen MR) is 146 cm³/mol. The van der Waals surface area contributed by atoms with Gasteiger partial charge in [-0.05, 0) is 48.6 Å². The fourth-order valence-electron chi connectivity index (χ4n) is 4.67. The van der Waals surface area contributed by atoms with Crippen LogP contribution in [0.5, 0.6) is 0 Å². The number of aryl methyl sites for hydroxylation is 1. The number of hydrogen-bond acceptors (Lipinski definition) is 9. The maximum atomic E-state index is 12.4. The molecule has 0 fully saturated rings. The lowest BCUT2D eigenvalue weighted by atomic mass is 9.93. The second-order valence-electron chi connectivity index (χ2n) is 9.04. The number of nitrogens with one attached hydrogen (secondary N) is 4. The highest BCUT2D eigenvalue weighted by Crippen LogP contribution is 2.39. The summed E-state index contributed by atoms with van der Waals surface area (Å²) in [6.45, 7) is 0. The molecule has 9 nitrogen and oxygen atoms in total. The average molecular weight is 533 g/mol. The SMILES string of the molecule is O=C(NNC1CCc2c(sc3ncnc(Nc4ccc5[nH]c(=O)sc5c4)c23)C1)[C@@H](O)Cc1ccccc1. The van der Waals surface area contributed by atoms with Crippen molar-refractivity contribution in [2.75, 3.05) is 5.32 Å². The number of aliphatic hydroxyl groups is 1. The average Bonchev–Trinajstić information content (AvgIpc) is 3.46. The van der Waals surface area contributed by atoms with E-state index < -0.39 is 12.0 Å². The van der Waals surface area contributed by atoms with Gasteiger partial charge in [-0.2, -0.15) is 0 Å². The lowest BCUT2D eigenvalue weighted by Crippen LogP contribution is -2.50. The van der Waals surface area contributed by atoms with Crippen LogP contribution < -0.4 is 21.0 Å². The number of amides is 1. The number of thiophene rings is 1. The summed E-state index contributed by atoms with van der Waals surface area (Å²) in [6.07, 6.45) is 3.09. The van der Waals surface area contributed by atoms with Gasteiger partial charge in [-0.25, -0.2) is 15.4 Å². The lowest BCUT2D eigenvalue weighted by Gasteiger charge is -2.24. The molecule has 6 rings (SSSR count). The molecule has 0 saturated carbocycles. The summed E-state index contributed by atoms with van der Waals surface area (Å²) in [7, 11) is 0. The molecule has 1 aliphatic rings. The highest BCUT2D eigenvalue weighted by atomic mass is 32.1. The standard InChI is InChI=1S/C26H24N6O3S2/c33-19(10-14-4-2-1-3-5-14)24(34)32-31-16-6-8-17-20(12-16)36-25-22(17)23(27-13-28-25)29-15-7-9-18-21(11-15)37-26(35)30-18/h1-5,7,9,11,13,16,19,31,33H,6,8,10,12H2,(H,30,35)(H,32,34)(H,27,28,29)/t16?,19-/m0/s1. The van der Waals surface area contributed by atoms with Gasteiger partial charge in [-0.15, -0.1) is 11.3 Å². The summed E-state index contributed by atoms with van der Waals surface area (Å²) in [5, 5.41) is 14.7. The number of hydrogen-bond donors (Lipinski definition) is 5. The summed E-state index contributed by atoms with van der Waals surface area (Å²) in [5.41, 5.74) is 9.62. The summed E-state index contributed by atoms with van der Waals surface area (Å²) in [6, 6.07) is 15.3. The molecule has 11 heteroatoms. The van der Waals surface area contributed by atoms with Crippen LogP contribution in [0.3, 0.4) is 0 Å². The lowest BCUT2D eigenvalue weighted by molar-refractivity contribution is -0.130. The van der Waals surface area contributed by atoms with Crippen LogP contribution in [-0.2, 0) is 24.1 Å². The van der Waals surface area contributed by atoms with Gasteiger partial charge in [0.2, 0.25) is 0 Å². The molecular weight excluding hydrogens is 508 g/mol. The van der Waals surface area contributed by atoms with Crippen LogP contribution in [0.2, 0.25) is 0 Å². The minimum absolute atomic E-state index is 0.0524. The summed E-state index contributed by atoms with van der Waals surface area (Å²) in [4.78, 5) is 38.0. The molecule has 1 aliphatic carbocycles. The number of aromatic nitrogens is 3.